The molecule has 0 saturated heterocycles. The molecule has 172 valence electrons. The number of hydrogen-bond acceptors (Lipinski definition) is 3. The Kier molecular flexibility index (Phi) is 8.84. The van der Waals surface area contributed by atoms with E-state index in [0.717, 1.165) is 18.6 Å². The van der Waals surface area contributed by atoms with Crippen LogP contribution in [0.2, 0.25) is 5.02 Å². The van der Waals surface area contributed by atoms with Gasteiger partial charge in [-0.1, -0.05) is 43.9 Å². The number of amides is 2. The number of unbranched alkanes of at least 4 members (excludes halogenated alkanes) is 3. The van der Waals surface area contributed by atoms with Gasteiger partial charge in [0.1, 0.15) is 11.6 Å². The number of carbonyl (C=O) groups excluding carboxylic acids is 2. The Morgan fingerprint density at radius 2 is 1.55 bits per heavy atom. The SMILES string of the molecule is CCCCCCOc1ccc(C(=O)Nc2cccc(C(=O)Nc3ccc(F)c(Cl)c3)c2)cc1. The highest BCUT2D eigenvalue weighted by molar-refractivity contribution is 6.31. The lowest BCUT2D eigenvalue weighted by Crippen LogP contribution is -2.14. The predicted octanol–water partition coefficient (Wildman–Crippen LogP) is 6.94. The molecular weight excluding hydrogens is 443 g/mol. The number of ether oxygens (including phenoxy) is 1. The molecule has 0 spiro atoms. The molecule has 3 aromatic rings. The van der Waals surface area contributed by atoms with Crippen LogP contribution in [0.15, 0.2) is 66.7 Å². The van der Waals surface area contributed by atoms with Crippen LogP contribution in [0.3, 0.4) is 0 Å². The molecule has 0 unspecified atom stereocenters. The Labute approximate surface area is 197 Å². The molecule has 3 rings (SSSR count). The number of nitrogens with one attached hydrogen (secondary N) is 2. The van der Waals surface area contributed by atoms with Crippen LogP contribution in [0, 0.1) is 5.82 Å². The molecule has 3 aromatic carbocycles. The van der Waals surface area contributed by atoms with Gasteiger partial charge in [-0.05, 0) is 67.1 Å². The zero-order chi connectivity index (χ0) is 23.6. The van der Waals surface area contributed by atoms with Crippen molar-refractivity contribution in [2.45, 2.75) is 32.6 Å². The minimum absolute atomic E-state index is 0.0817. The van der Waals surface area contributed by atoms with E-state index in [4.69, 9.17) is 16.3 Å². The monoisotopic (exact) mass is 468 g/mol. The van der Waals surface area contributed by atoms with Crippen LogP contribution in [0.1, 0.15) is 53.3 Å². The van der Waals surface area contributed by atoms with Gasteiger partial charge in [0, 0.05) is 22.5 Å². The summed E-state index contributed by atoms with van der Waals surface area (Å²) in [6.45, 7) is 2.82. The van der Waals surface area contributed by atoms with Gasteiger partial charge in [0.05, 0.1) is 11.6 Å². The summed E-state index contributed by atoms with van der Waals surface area (Å²) in [5.74, 6) is -0.546. The number of anilines is 2. The first-order chi connectivity index (χ1) is 16.0. The second-order valence-electron chi connectivity index (χ2n) is 7.55. The van der Waals surface area contributed by atoms with E-state index in [9.17, 15) is 14.0 Å². The average molecular weight is 469 g/mol. The Morgan fingerprint density at radius 3 is 2.24 bits per heavy atom. The first-order valence-electron chi connectivity index (χ1n) is 10.9. The van der Waals surface area contributed by atoms with E-state index < -0.39 is 11.7 Å². The molecule has 0 atom stereocenters. The molecule has 5 nitrogen and oxygen atoms in total. The average Bonchev–Trinajstić information content (AvgIpc) is 2.82. The molecule has 0 fully saturated rings. The van der Waals surface area contributed by atoms with E-state index >= 15 is 0 Å². The van der Waals surface area contributed by atoms with Crippen LogP contribution in [-0.2, 0) is 0 Å². The molecule has 0 aliphatic carbocycles. The van der Waals surface area contributed by atoms with E-state index in [-0.39, 0.29) is 10.9 Å². The lowest BCUT2D eigenvalue weighted by molar-refractivity contribution is 0.101. The van der Waals surface area contributed by atoms with Gasteiger partial charge in [-0.25, -0.2) is 4.39 Å². The van der Waals surface area contributed by atoms with Crippen LogP contribution >= 0.6 is 11.6 Å². The Balaban J connectivity index is 1.57. The molecular formula is C26H26ClFN2O3. The van der Waals surface area contributed by atoms with Crippen LogP contribution in [-0.4, -0.2) is 18.4 Å². The van der Waals surface area contributed by atoms with Crippen LogP contribution in [0.25, 0.3) is 0 Å². The smallest absolute Gasteiger partial charge is 0.255 e. The van der Waals surface area contributed by atoms with Crippen LogP contribution in [0.5, 0.6) is 5.75 Å². The predicted molar refractivity (Wildman–Crippen MR) is 130 cm³/mol. The second-order valence-corrected chi connectivity index (χ2v) is 7.96. The molecule has 7 heteroatoms. The highest BCUT2D eigenvalue weighted by atomic mass is 35.5. The fraction of sp³-hybridized carbons (Fsp3) is 0.231. The van der Waals surface area contributed by atoms with Crippen molar-refractivity contribution in [1.29, 1.82) is 0 Å². The van der Waals surface area contributed by atoms with Crippen molar-refractivity contribution in [2.75, 3.05) is 17.2 Å². The summed E-state index contributed by atoms with van der Waals surface area (Å²) in [5.41, 5.74) is 1.65. The summed E-state index contributed by atoms with van der Waals surface area (Å²) in [4.78, 5) is 25.1. The number of rotatable bonds is 10. The molecule has 0 heterocycles. The molecule has 33 heavy (non-hydrogen) atoms. The minimum atomic E-state index is -0.564. The summed E-state index contributed by atoms with van der Waals surface area (Å²) in [6.07, 6.45) is 4.53. The lowest BCUT2D eigenvalue weighted by atomic mass is 10.1. The quantitative estimate of drug-likeness (QED) is 0.316. The highest BCUT2D eigenvalue weighted by Gasteiger charge is 2.11. The molecule has 0 aromatic heterocycles. The normalized spacial score (nSPS) is 10.5. The van der Waals surface area contributed by atoms with Crippen molar-refractivity contribution in [3.8, 4) is 5.75 Å². The van der Waals surface area contributed by atoms with Crippen molar-refractivity contribution < 1.29 is 18.7 Å². The van der Waals surface area contributed by atoms with E-state index in [1.807, 2.05) is 0 Å². The third kappa shape index (κ3) is 7.32. The van der Waals surface area contributed by atoms with Gasteiger partial charge in [-0.15, -0.1) is 0 Å². The fourth-order valence-corrected chi connectivity index (χ4v) is 3.32. The van der Waals surface area contributed by atoms with E-state index in [1.165, 1.54) is 31.0 Å². The van der Waals surface area contributed by atoms with Crippen molar-refractivity contribution in [3.63, 3.8) is 0 Å². The maximum atomic E-state index is 13.3. The molecule has 0 radical (unpaired) electrons. The van der Waals surface area contributed by atoms with Crippen molar-refractivity contribution in [1.82, 2.24) is 0 Å². The molecule has 2 N–H and O–H groups in total. The maximum absolute atomic E-state index is 13.3. The number of hydrogen-bond donors (Lipinski definition) is 2. The van der Waals surface area contributed by atoms with Gasteiger partial charge >= 0.3 is 0 Å². The third-order valence-corrected chi connectivity index (χ3v) is 5.23. The standard InChI is InChI=1S/C26H26ClFN2O3/c1-2-3-4-5-15-33-22-12-9-18(10-13-22)25(31)29-20-8-6-7-19(16-20)26(32)30-21-11-14-24(28)23(27)17-21/h6-14,16-17H,2-5,15H2,1H3,(H,29,31)(H,30,32). The first kappa shape index (κ1) is 24.3. The number of benzene rings is 3. The fourth-order valence-electron chi connectivity index (χ4n) is 3.14. The first-order valence-corrected chi connectivity index (χ1v) is 11.2. The van der Waals surface area contributed by atoms with Crippen molar-refractivity contribution in [2.24, 2.45) is 0 Å². The van der Waals surface area contributed by atoms with Gasteiger partial charge in [0.2, 0.25) is 0 Å². The molecule has 0 saturated carbocycles. The topological polar surface area (TPSA) is 67.4 Å². The van der Waals surface area contributed by atoms with Crippen molar-refractivity contribution >= 4 is 34.8 Å². The lowest BCUT2D eigenvalue weighted by Gasteiger charge is -2.10. The summed E-state index contributed by atoms with van der Waals surface area (Å²) >= 11 is 5.76. The number of halogens is 2. The Bertz CT molecular complexity index is 1100. The van der Waals surface area contributed by atoms with E-state index in [2.05, 4.69) is 17.6 Å². The molecule has 2 amide bonds. The maximum Gasteiger partial charge on any atom is 0.255 e. The van der Waals surface area contributed by atoms with Crippen molar-refractivity contribution in [3.05, 3.63) is 88.7 Å². The van der Waals surface area contributed by atoms with E-state index in [1.54, 1.807) is 48.5 Å². The minimum Gasteiger partial charge on any atom is -0.494 e. The molecule has 0 aliphatic heterocycles. The zero-order valence-corrected chi connectivity index (χ0v) is 19.1. The van der Waals surface area contributed by atoms with Gasteiger partial charge in [-0.2, -0.15) is 0 Å². The van der Waals surface area contributed by atoms with Gasteiger partial charge < -0.3 is 15.4 Å². The summed E-state index contributed by atoms with van der Waals surface area (Å²) in [7, 11) is 0. The largest absolute Gasteiger partial charge is 0.494 e. The Hall–Kier alpha value is -3.38. The van der Waals surface area contributed by atoms with Gasteiger partial charge in [-0.3, -0.25) is 9.59 Å². The van der Waals surface area contributed by atoms with E-state index in [0.29, 0.717) is 29.1 Å². The summed E-state index contributed by atoms with van der Waals surface area (Å²) in [6, 6.07) is 17.4. The molecule has 0 bridgehead atoms. The second kappa shape index (κ2) is 12.0. The van der Waals surface area contributed by atoms with Crippen LogP contribution < -0.4 is 15.4 Å². The number of carbonyl (C=O) groups is 2. The van der Waals surface area contributed by atoms with Gasteiger partial charge in [0.15, 0.2) is 0 Å². The molecule has 0 aliphatic rings. The highest BCUT2D eigenvalue weighted by Crippen LogP contribution is 2.21. The van der Waals surface area contributed by atoms with Crippen LogP contribution in [0.4, 0.5) is 15.8 Å². The summed E-state index contributed by atoms with van der Waals surface area (Å²) in [5, 5.41) is 5.36. The summed E-state index contributed by atoms with van der Waals surface area (Å²) < 4.78 is 19.0. The van der Waals surface area contributed by atoms with Gasteiger partial charge in [0.25, 0.3) is 11.8 Å². The zero-order valence-electron chi connectivity index (χ0n) is 18.4. The Morgan fingerprint density at radius 1 is 0.848 bits per heavy atom. The third-order valence-electron chi connectivity index (χ3n) is 4.94.